The summed E-state index contributed by atoms with van der Waals surface area (Å²) in [5, 5.41) is 14.6. The molecule has 2 N–H and O–H groups in total. The molecule has 2 aromatic rings. The highest BCUT2D eigenvalue weighted by atomic mass is 16.5. The Balaban J connectivity index is 1.88. The standard InChI is InChI=1S/C20H26N2O3/c1-2-11-22(12-13-23)20(24)21-18-8-5-14-25-19-16-7-4-3-6-15(16)9-10-17(18)19/h3-4,6-7,9-10,18,23H,2,5,8,11-14H2,1H3,(H,21,24). The number of carbonyl (C=O) groups is 1. The first-order chi connectivity index (χ1) is 12.2. The molecular weight excluding hydrogens is 316 g/mol. The van der Waals surface area contributed by atoms with Crippen molar-refractivity contribution in [1.29, 1.82) is 0 Å². The third-order valence-electron chi connectivity index (χ3n) is 4.62. The highest BCUT2D eigenvalue weighted by Crippen LogP contribution is 2.37. The van der Waals surface area contributed by atoms with Gasteiger partial charge in [-0.15, -0.1) is 0 Å². The smallest absolute Gasteiger partial charge is 0.317 e. The van der Waals surface area contributed by atoms with E-state index in [9.17, 15) is 9.90 Å². The zero-order valence-corrected chi connectivity index (χ0v) is 14.7. The Labute approximate surface area is 148 Å². The van der Waals surface area contributed by atoms with Crippen molar-refractivity contribution in [2.75, 3.05) is 26.3 Å². The predicted octanol–water partition coefficient (Wildman–Crippen LogP) is 3.47. The Kier molecular flexibility index (Phi) is 5.76. The van der Waals surface area contributed by atoms with E-state index in [1.165, 1.54) is 0 Å². The van der Waals surface area contributed by atoms with E-state index in [1.807, 2.05) is 19.1 Å². The highest BCUT2D eigenvalue weighted by Gasteiger charge is 2.24. The largest absolute Gasteiger partial charge is 0.493 e. The van der Waals surface area contributed by atoms with Crippen molar-refractivity contribution in [1.82, 2.24) is 10.2 Å². The minimum Gasteiger partial charge on any atom is -0.493 e. The minimum absolute atomic E-state index is 0.0254. The number of aliphatic hydroxyl groups excluding tert-OH is 1. The van der Waals surface area contributed by atoms with Crippen LogP contribution in [0.15, 0.2) is 36.4 Å². The van der Waals surface area contributed by atoms with E-state index in [0.717, 1.165) is 41.3 Å². The lowest BCUT2D eigenvalue weighted by Gasteiger charge is -2.26. The zero-order valence-electron chi connectivity index (χ0n) is 14.7. The van der Waals surface area contributed by atoms with Crippen molar-refractivity contribution in [2.45, 2.75) is 32.2 Å². The number of carbonyl (C=O) groups excluding carboxylic acids is 1. The van der Waals surface area contributed by atoms with Crippen molar-refractivity contribution in [3.05, 3.63) is 42.0 Å². The van der Waals surface area contributed by atoms with E-state index in [0.29, 0.717) is 19.7 Å². The lowest BCUT2D eigenvalue weighted by molar-refractivity contribution is 0.173. The molecule has 0 radical (unpaired) electrons. The van der Waals surface area contributed by atoms with Crippen LogP contribution >= 0.6 is 0 Å². The summed E-state index contributed by atoms with van der Waals surface area (Å²) in [4.78, 5) is 14.3. The number of benzene rings is 2. The molecule has 0 saturated carbocycles. The fourth-order valence-corrected chi connectivity index (χ4v) is 3.41. The number of ether oxygens (including phenoxy) is 1. The summed E-state index contributed by atoms with van der Waals surface area (Å²) < 4.78 is 6.02. The summed E-state index contributed by atoms with van der Waals surface area (Å²) in [6.07, 6.45) is 2.60. The van der Waals surface area contributed by atoms with Crippen LogP contribution in [0.25, 0.3) is 10.8 Å². The molecule has 0 aliphatic carbocycles. The summed E-state index contributed by atoms with van der Waals surface area (Å²) in [7, 11) is 0. The normalized spacial score (nSPS) is 16.6. The monoisotopic (exact) mass is 342 g/mol. The Morgan fingerprint density at radius 1 is 1.28 bits per heavy atom. The topological polar surface area (TPSA) is 61.8 Å². The fraction of sp³-hybridized carbons (Fsp3) is 0.450. The van der Waals surface area contributed by atoms with E-state index in [1.54, 1.807) is 4.90 Å². The number of hydrogen-bond acceptors (Lipinski definition) is 3. The Hall–Kier alpha value is -2.27. The minimum atomic E-state index is -0.123. The molecule has 5 heteroatoms. The van der Waals surface area contributed by atoms with Crippen molar-refractivity contribution in [3.63, 3.8) is 0 Å². The van der Waals surface area contributed by atoms with Gasteiger partial charge >= 0.3 is 6.03 Å². The highest BCUT2D eigenvalue weighted by molar-refractivity contribution is 5.90. The SMILES string of the molecule is CCCN(CCO)C(=O)NC1CCCOc2c1ccc1ccccc21. The maximum atomic E-state index is 12.6. The molecule has 5 nitrogen and oxygen atoms in total. The molecule has 0 saturated heterocycles. The van der Waals surface area contributed by atoms with Crippen molar-refractivity contribution in [2.24, 2.45) is 0 Å². The maximum Gasteiger partial charge on any atom is 0.317 e. The first kappa shape index (κ1) is 17.5. The molecule has 1 unspecified atom stereocenters. The van der Waals surface area contributed by atoms with Crippen LogP contribution in [-0.4, -0.2) is 42.3 Å². The number of aliphatic hydroxyl groups is 1. The number of urea groups is 1. The number of nitrogens with one attached hydrogen (secondary N) is 1. The molecule has 134 valence electrons. The number of nitrogens with zero attached hydrogens (tertiary/aromatic N) is 1. The number of hydrogen-bond donors (Lipinski definition) is 2. The van der Waals surface area contributed by atoms with Gasteiger partial charge in [-0.05, 0) is 24.6 Å². The summed E-state index contributed by atoms with van der Waals surface area (Å²) in [5.74, 6) is 0.880. The van der Waals surface area contributed by atoms with Crippen LogP contribution in [-0.2, 0) is 0 Å². The van der Waals surface area contributed by atoms with Crippen LogP contribution in [0.1, 0.15) is 37.8 Å². The second-order valence-corrected chi connectivity index (χ2v) is 6.41. The van der Waals surface area contributed by atoms with E-state index in [-0.39, 0.29) is 18.7 Å². The quantitative estimate of drug-likeness (QED) is 0.875. The molecule has 0 aromatic heterocycles. The zero-order chi connectivity index (χ0) is 17.6. The van der Waals surface area contributed by atoms with E-state index in [2.05, 4.69) is 29.6 Å². The lowest BCUT2D eigenvalue weighted by Crippen LogP contribution is -2.43. The molecule has 1 aliphatic heterocycles. The third-order valence-corrected chi connectivity index (χ3v) is 4.62. The van der Waals surface area contributed by atoms with Gasteiger partial charge in [-0.2, -0.15) is 0 Å². The van der Waals surface area contributed by atoms with Crippen LogP contribution < -0.4 is 10.1 Å². The number of rotatable bonds is 5. The Morgan fingerprint density at radius 2 is 2.12 bits per heavy atom. The molecule has 1 heterocycles. The first-order valence-corrected chi connectivity index (χ1v) is 9.05. The second-order valence-electron chi connectivity index (χ2n) is 6.41. The maximum absolute atomic E-state index is 12.6. The first-order valence-electron chi connectivity index (χ1n) is 9.05. The van der Waals surface area contributed by atoms with Gasteiger partial charge in [-0.25, -0.2) is 4.79 Å². The summed E-state index contributed by atoms with van der Waals surface area (Å²) >= 11 is 0. The van der Waals surface area contributed by atoms with Gasteiger partial charge in [0.15, 0.2) is 0 Å². The fourth-order valence-electron chi connectivity index (χ4n) is 3.41. The Bertz CT molecular complexity index is 726. The Morgan fingerprint density at radius 3 is 2.92 bits per heavy atom. The molecule has 1 aliphatic rings. The van der Waals surface area contributed by atoms with Gasteiger partial charge in [-0.3, -0.25) is 0 Å². The number of amides is 2. The van der Waals surface area contributed by atoms with Gasteiger partial charge in [0.1, 0.15) is 5.75 Å². The summed E-state index contributed by atoms with van der Waals surface area (Å²) in [5.41, 5.74) is 1.03. The van der Waals surface area contributed by atoms with Crippen LogP contribution in [0.5, 0.6) is 5.75 Å². The van der Waals surface area contributed by atoms with E-state index < -0.39 is 0 Å². The van der Waals surface area contributed by atoms with Gasteiger partial charge in [0, 0.05) is 24.0 Å². The molecule has 2 aromatic carbocycles. The predicted molar refractivity (Wildman–Crippen MR) is 98.9 cm³/mol. The van der Waals surface area contributed by atoms with Crippen LogP contribution in [0.3, 0.4) is 0 Å². The molecule has 0 fully saturated rings. The van der Waals surface area contributed by atoms with Gasteiger partial charge in [0.2, 0.25) is 0 Å². The third kappa shape index (κ3) is 3.87. The van der Waals surface area contributed by atoms with Gasteiger partial charge in [0.05, 0.1) is 19.3 Å². The van der Waals surface area contributed by atoms with Crippen molar-refractivity contribution >= 4 is 16.8 Å². The summed E-state index contributed by atoms with van der Waals surface area (Å²) in [6, 6.07) is 12.1. The molecule has 25 heavy (non-hydrogen) atoms. The van der Waals surface area contributed by atoms with Gasteiger partial charge in [0.25, 0.3) is 0 Å². The average molecular weight is 342 g/mol. The molecular formula is C20H26N2O3. The molecule has 0 spiro atoms. The average Bonchev–Trinajstić information content (AvgIpc) is 2.84. The van der Waals surface area contributed by atoms with Crippen LogP contribution in [0.2, 0.25) is 0 Å². The molecule has 1 atom stereocenters. The molecule has 3 rings (SSSR count). The van der Waals surface area contributed by atoms with Crippen molar-refractivity contribution in [3.8, 4) is 5.75 Å². The van der Waals surface area contributed by atoms with Gasteiger partial charge in [-0.1, -0.05) is 43.3 Å². The lowest BCUT2D eigenvalue weighted by atomic mass is 9.98. The van der Waals surface area contributed by atoms with E-state index in [4.69, 9.17) is 4.74 Å². The van der Waals surface area contributed by atoms with Crippen LogP contribution in [0, 0.1) is 0 Å². The molecule has 2 amide bonds. The van der Waals surface area contributed by atoms with Crippen molar-refractivity contribution < 1.29 is 14.6 Å². The molecule has 0 bridgehead atoms. The number of fused-ring (bicyclic) bond motifs is 3. The van der Waals surface area contributed by atoms with Gasteiger partial charge < -0.3 is 20.1 Å². The van der Waals surface area contributed by atoms with Crippen LogP contribution in [0.4, 0.5) is 4.79 Å². The van der Waals surface area contributed by atoms with E-state index >= 15 is 0 Å². The second kappa shape index (κ2) is 8.21. The summed E-state index contributed by atoms with van der Waals surface area (Å²) in [6.45, 7) is 3.65.